The van der Waals surface area contributed by atoms with E-state index in [0.29, 0.717) is 0 Å². The summed E-state index contributed by atoms with van der Waals surface area (Å²) >= 11 is 0. The summed E-state index contributed by atoms with van der Waals surface area (Å²) in [4.78, 5) is 10.8. The van der Waals surface area contributed by atoms with Gasteiger partial charge in [-0.1, -0.05) is 36.4 Å². The van der Waals surface area contributed by atoms with Crippen LogP contribution >= 0.6 is 0 Å². The van der Waals surface area contributed by atoms with E-state index in [2.05, 4.69) is 9.47 Å². The van der Waals surface area contributed by atoms with E-state index in [-0.39, 0.29) is 0 Å². The molecule has 0 aliphatic rings. The Bertz CT molecular complexity index is 406. The molecule has 0 aromatic heterocycles. The first-order valence-corrected chi connectivity index (χ1v) is 4.63. The van der Waals surface area contributed by atoms with Crippen molar-refractivity contribution in [1.29, 1.82) is 5.26 Å². The van der Waals surface area contributed by atoms with E-state index < -0.39 is 12.3 Å². The van der Waals surface area contributed by atoms with Crippen LogP contribution in [0, 0.1) is 11.3 Å². The van der Waals surface area contributed by atoms with Gasteiger partial charge in [-0.05, 0) is 11.6 Å². The van der Waals surface area contributed by atoms with Gasteiger partial charge in [-0.3, -0.25) is 0 Å². The summed E-state index contributed by atoms with van der Waals surface area (Å²) in [6.45, 7) is 0. The highest BCUT2D eigenvalue weighted by Crippen LogP contribution is 2.04. The number of hydrogen-bond donors (Lipinski definition) is 0. The lowest BCUT2D eigenvalue weighted by atomic mass is 10.2. The van der Waals surface area contributed by atoms with Gasteiger partial charge in [-0.15, -0.1) is 0 Å². The average Bonchev–Trinajstić information content (AvgIpc) is 2.35. The normalized spacial score (nSPS) is 11.8. The predicted molar refractivity (Wildman–Crippen MR) is 58.4 cm³/mol. The van der Waals surface area contributed by atoms with Crippen LogP contribution in [-0.4, -0.2) is 19.4 Å². The van der Waals surface area contributed by atoms with E-state index >= 15 is 0 Å². The highest BCUT2D eigenvalue weighted by atomic mass is 16.7. The molecule has 0 saturated heterocycles. The molecule has 4 heteroatoms. The van der Waals surface area contributed by atoms with Gasteiger partial charge in [0.25, 0.3) is 0 Å². The first-order valence-electron chi connectivity index (χ1n) is 4.63. The Balaban J connectivity index is 2.61. The summed E-state index contributed by atoms with van der Waals surface area (Å²) < 4.78 is 8.95. The third kappa shape index (κ3) is 3.84. The number of benzene rings is 1. The van der Waals surface area contributed by atoms with Crippen LogP contribution in [0.1, 0.15) is 5.56 Å². The molecule has 1 atom stereocenters. The van der Waals surface area contributed by atoms with E-state index in [1.165, 1.54) is 13.2 Å². The molecule has 0 heterocycles. The fraction of sp³-hybridized carbons (Fsp3) is 0.167. The fourth-order valence-electron chi connectivity index (χ4n) is 1.02. The first-order chi connectivity index (χ1) is 7.76. The molecule has 16 heavy (non-hydrogen) atoms. The molecular formula is C12H11NO3. The second kappa shape index (κ2) is 6.25. The van der Waals surface area contributed by atoms with Crippen LogP contribution in [0.3, 0.4) is 0 Å². The SMILES string of the molecule is COC(=O)O[C@H](C#N)/C=C/c1ccccc1. The van der Waals surface area contributed by atoms with Gasteiger partial charge in [0.15, 0.2) is 0 Å². The summed E-state index contributed by atoms with van der Waals surface area (Å²) in [5.74, 6) is 0. The third-order valence-electron chi connectivity index (χ3n) is 1.78. The van der Waals surface area contributed by atoms with E-state index in [9.17, 15) is 4.79 Å². The zero-order chi connectivity index (χ0) is 11.8. The minimum Gasteiger partial charge on any atom is -0.438 e. The summed E-state index contributed by atoms with van der Waals surface area (Å²) in [6, 6.07) is 11.2. The van der Waals surface area contributed by atoms with E-state index in [4.69, 9.17) is 5.26 Å². The van der Waals surface area contributed by atoms with Crippen LogP contribution in [0.5, 0.6) is 0 Å². The Labute approximate surface area is 93.7 Å². The average molecular weight is 217 g/mol. The van der Waals surface area contributed by atoms with Crippen LogP contribution in [0.4, 0.5) is 4.79 Å². The minimum absolute atomic E-state index is 0.871. The Morgan fingerprint density at radius 1 is 1.44 bits per heavy atom. The number of nitriles is 1. The highest BCUT2D eigenvalue weighted by molar-refractivity contribution is 5.61. The van der Waals surface area contributed by atoms with Crippen molar-refractivity contribution in [2.75, 3.05) is 7.11 Å². The molecular weight excluding hydrogens is 206 g/mol. The van der Waals surface area contributed by atoms with Crippen molar-refractivity contribution in [3.05, 3.63) is 42.0 Å². The lowest BCUT2D eigenvalue weighted by Crippen LogP contribution is -2.13. The van der Waals surface area contributed by atoms with Crippen molar-refractivity contribution in [3.8, 4) is 6.07 Å². The number of ether oxygens (including phenoxy) is 2. The molecule has 0 spiro atoms. The number of methoxy groups -OCH3 is 1. The van der Waals surface area contributed by atoms with Crippen molar-refractivity contribution in [2.45, 2.75) is 6.10 Å². The maximum Gasteiger partial charge on any atom is 0.509 e. The molecule has 0 saturated carbocycles. The first kappa shape index (κ1) is 11.8. The number of nitrogens with zero attached hydrogens (tertiary/aromatic N) is 1. The van der Waals surface area contributed by atoms with Crippen molar-refractivity contribution >= 4 is 12.2 Å². The van der Waals surface area contributed by atoms with Gasteiger partial charge in [0.2, 0.25) is 6.10 Å². The van der Waals surface area contributed by atoms with Crippen molar-refractivity contribution in [3.63, 3.8) is 0 Å². The van der Waals surface area contributed by atoms with Crippen molar-refractivity contribution in [1.82, 2.24) is 0 Å². The van der Waals surface area contributed by atoms with E-state index in [0.717, 1.165) is 5.56 Å². The highest BCUT2D eigenvalue weighted by Gasteiger charge is 2.09. The zero-order valence-electron chi connectivity index (χ0n) is 8.79. The van der Waals surface area contributed by atoms with E-state index in [1.807, 2.05) is 36.4 Å². The van der Waals surface area contributed by atoms with Gasteiger partial charge >= 0.3 is 6.16 Å². The molecule has 0 amide bonds. The molecule has 82 valence electrons. The number of rotatable bonds is 3. The summed E-state index contributed by atoms with van der Waals surface area (Å²) in [7, 11) is 1.19. The molecule has 0 radical (unpaired) electrons. The largest absolute Gasteiger partial charge is 0.509 e. The fourth-order valence-corrected chi connectivity index (χ4v) is 1.02. The van der Waals surface area contributed by atoms with Gasteiger partial charge in [-0.2, -0.15) is 5.26 Å². The van der Waals surface area contributed by atoms with Crippen molar-refractivity contribution < 1.29 is 14.3 Å². The molecule has 0 fully saturated rings. The monoisotopic (exact) mass is 217 g/mol. The molecule has 4 nitrogen and oxygen atoms in total. The maximum absolute atomic E-state index is 10.8. The van der Waals surface area contributed by atoms with Crippen LogP contribution in [0.25, 0.3) is 6.08 Å². The Hall–Kier alpha value is -2.28. The van der Waals surface area contributed by atoms with Crippen LogP contribution in [0.2, 0.25) is 0 Å². The molecule has 0 bridgehead atoms. The van der Waals surface area contributed by atoms with Gasteiger partial charge in [0.1, 0.15) is 6.07 Å². The lowest BCUT2D eigenvalue weighted by Gasteiger charge is -2.04. The maximum atomic E-state index is 10.8. The molecule has 0 aliphatic heterocycles. The second-order valence-electron chi connectivity index (χ2n) is 2.89. The molecule has 0 aliphatic carbocycles. The number of hydrogen-bond acceptors (Lipinski definition) is 4. The Morgan fingerprint density at radius 2 is 2.12 bits per heavy atom. The van der Waals surface area contributed by atoms with Gasteiger partial charge in [0, 0.05) is 0 Å². The van der Waals surface area contributed by atoms with Gasteiger partial charge < -0.3 is 9.47 Å². The third-order valence-corrected chi connectivity index (χ3v) is 1.78. The topological polar surface area (TPSA) is 59.3 Å². The Kier molecular flexibility index (Phi) is 4.61. The van der Waals surface area contributed by atoms with Crippen molar-refractivity contribution in [2.24, 2.45) is 0 Å². The van der Waals surface area contributed by atoms with Gasteiger partial charge in [-0.25, -0.2) is 4.79 Å². The van der Waals surface area contributed by atoms with Gasteiger partial charge in [0.05, 0.1) is 7.11 Å². The summed E-state index contributed by atoms with van der Waals surface area (Å²) in [5, 5.41) is 8.71. The van der Waals surface area contributed by atoms with Crippen LogP contribution in [-0.2, 0) is 9.47 Å². The van der Waals surface area contributed by atoms with Crippen LogP contribution < -0.4 is 0 Å². The summed E-state index contributed by atoms with van der Waals surface area (Å²) in [5.41, 5.74) is 0.927. The minimum atomic E-state index is -0.937. The number of carbonyl (C=O) groups excluding carboxylic acids is 1. The quantitative estimate of drug-likeness (QED) is 0.729. The number of carbonyl (C=O) groups is 1. The molecule has 0 unspecified atom stereocenters. The van der Waals surface area contributed by atoms with Crippen LogP contribution in [0.15, 0.2) is 36.4 Å². The predicted octanol–water partition coefficient (Wildman–Crippen LogP) is 2.37. The molecule has 1 rings (SSSR count). The molecule has 1 aromatic rings. The molecule has 0 N–H and O–H groups in total. The smallest absolute Gasteiger partial charge is 0.438 e. The zero-order valence-corrected chi connectivity index (χ0v) is 8.79. The molecule has 1 aromatic carbocycles. The van der Waals surface area contributed by atoms with E-state index in [1.54, 1.807) is 6.08 Å². The second-order valence-corrected chi connectivity index (χ2v) is 2.89. The summed E-state index contributed by atoms with van der Waals surface area (Å²) in [6.07, 6.45) is 1.39. The lowest BCUT2D eigenvalue weighted by molar-refractivity contribution is 0.0669. The standard InChI is InChI=1S/C12H11NO3/c1-15-12(14)16-11(9-13)8-7-10-5-3-2-4-6-10/h2-8,11H,1H3/b8-7+/t11-/m0/s1. The Morgan fingerprint density at radius 3 is 2.69 bits per heavy atom.